The highest BCUT2D eigenvalue weighted by atomic mass is 35.5. The summed E-state index contributed by atoms with van der Waals surface area (Å²) >= 11 is 6.41. The smallest absolute Gasteiger partial charge is 0.259 e. The molecule has 0 spiro atoms. The summed E-state index contributed by atoms with van der Waals surface area (Å²) in [6.07, 6.45) is 1.60. The summed E-state index contributed by atoms with van der Waals surface area (Å²) in [6.45, 7) is 5.40. The number of halogens is 1. The van der Waals surface area contributed by atoms with Crippen molar-refractivity contribution in [2.45, 2.75) is 33.3 Å². The van der Waals surface area contributed by atoms with Crippen LogP contribution in [-0.2, 0) is 11.2 Å². The summed E-state index contributed by atoms with van der Waals surface area (Å²) in [5.41, 5.74) is 3.36. The van der Waals surface area contributed by atoms with Gasteiger partial charge < -0.3 is 29.5 Å². The van der Waals surface area contributed by atoms with E-state index in [4.69, 9.17) is 30.7 Å². The number of aliphatic hydroxyl groups is 2. The van der Waals surface area contributed by atoms with Crippen LogP contribution in [0.2, 0.25) is 5.02 Å². The van der Waals surface area contributed by atoms with Gasteiger partial charge in [-0.15, -0.1) is 0 Å². The molecule has 0 saturated carbocycles. The lowest BCUT2D eigenvalue weighted by Gasteiger charge is -2.16. The molecular formula is C24H29ClN4O6. The van der Waals surface area contributed by atoms with E-state index in [-0.39, 0.29) is 23.9 Å². The maximum Gasteiger partial charge on any atom is 0.259 e. The van der Waals surface area contributed by atoms with Crippen molar-refractivity contribution in [3.63, 3.8) is 0 Å². The van der Waals surface area contributed by atoms with Crippen LogP contribution in [0.3, 0.4) is 0 Å². The number of nitrogens with one attached hydrogen (secondary N) is 1. The molecule has 0 bridgehead atoms. The minimum Gasteiger partial charge on any atom is -0.493 e. The van der Waals surface area contributed by atoms with E-state index >= 15 is 0 Å². The van der Waals surface area contributed by atoms with Crippen LogP contribution < -0.4 is 14.8 Å². The van der Waals surface area contributed by atoms with Crippen LogP contribution in [0, 0.1) is 12.8 Å². The fraction of sp³-hybridized carbons (Fsp3) is 0.417. The fourth-order valence-corrected chi connectivity index (χ4v) is 3.56. The summed E-state index contributed by atoms with van der Waals surface area (Å²) in [5.74, 6) is 1.07. The van der Waals surface area contributed by atoms with Gasteiger partial charge in [-0.3, -0.25) is 9.78 Å². The van der Waals surface area contributed by atoms with Crippen molar-refractivity contribution in [1.29, 1.82) is 0 Å². The summed E-state index contributed by atoms with van der Waals surface area (Å²) in [7, 11) is 1.45. The number of methoxy groups -OCH3 is 1. The number of nitrogens with zero attached hydrogens (tertiary/aromatic N) is 3. The van der Waals surface area contributed by atoms with E-state index in [1.807, 2.05) is 13.0 Å². The van der Waals surface area contributed by atoms with Crippen LogP contribution >= 0.6 is 11.6 Å². The van der Waals surface area contributed by atoms with Gasteiger partial charge in [0.25, 0.3) is 5.89 Å². The Labute approximate surface area is 208 Å². The first-order valence-electron chi connectivity index (χ1n) is 11.1. The predicted molar refractivity (Wildman–Crippen MR) is 129 cm³/mol. The van der Waals surface area contributed by atoms with E-state index in [2.05, 4.69) is 34.3 Å². The first-order chi connectivity index (χ1) is 16.7. The third-order valence-corrected chi connectivity index (χ3v) is 5.33. The molecular weight excluding hydrogens is 476 g/mol. The van der Waals surface area contributed by atoms with Gasteiger partial charge in [-0.05, 0) is 43.0 Å². The molecule has 35 heavy (non-hydrogen) atoms. The Balaban J connectivity index is 1.76. The lowest BCUT2D eigenvalue weighted by atomic mass is 10.0. The lowest BCUT2D eigenvalue weighted by Crippen LogP contribution is -2.36. The molecule has 2 heterocycles. The number of hydrogen-bond donors (Lipinski definition) is 3. The quantitative estimate of drug-likeness (QED) is 0.359. The molecule has 1 aromatic carbocycles. The van der Waals surface area contributed by atoms with E-state index in [1.54, 1.807) is 18.3 Å². The predicted octanol–water partition coefficient (Wildman–Crippen LogP) is 2.82. The molecule has 0 saturated heterocycles. The topological polar surface area (TPSA) is 140 Å². The molecule has 1 atom stereocenters. The van der Waals surface area contributed by atoms with Crippen molar-refractivity contribution >= 4 is 17.5 Å². The number of carbonyl (C=O) groups excluding carboxylic acids is 1. The first kappa shape index (κ1) is 26.4. The number of rotatable bonds is 11. The number of aromatic nitrogens is 3. The SMILES string of the molecule is COc1cc(-c2noc(-c3cnc(CC(C)C)c(C)c3)n2)cc(Cl)c1OC[C@H](O)CNC(=O)CO. The standard InChI is InChI=1S/C24H29ClN4O6/c1-13(2)5-19-14(3)6-16(9-26-19)24-28-23(29-35-24)15-7-18(25)22(20(8-15)33-4)34-12-17(31)10-27-21(32)11-30/h6-9,13,17,30-31H,5,10-12H2,1-4H3,(H,27,32)/t17-/m1/s1. The molecule has 0 aliphatic heterocycles. The molecule has 188 valence electrons. The van der Waals surface area contributed by atoms with Crippen LogP contribution in [0.25, 0.3) is 22.8 Å². The average molecular weight is 505 g/mol. The monoisotopic (exact) mass is 504 g/mol. The van der Waals surface area contributed by atoms with E-state index in [0.717, 1.165) is 17.7 Å². The van der Waals surface area contributed by atoms with E-state index in [9.17, 15) is 9.90 Å². The zero-order chi connectivity index (χ0) is 25.5. The second-order valence-corrected chi connectivity index (χ2v) is 8.83. The Hall–Kier alpha value is -3.21. The number of aliphatic hydroxyl groups excluding tert-OH is 2. The number of aryl methyl sites for hydroxylation is 1. The molecule has 0 radical (unpaired) electrons. The number of hydrogen-bond acceptors (Lipinski definition) is 9. The van der Waals surface area contributed by atoms with Crippen LogP contribution in [-0.4, -0.2) is 64.2 Å². The highest BCUT2D eigenvalue weighted by Gasteiger charge is 2.19. The molecule has 0 unspecified atom stereocenters. The number of amides is 1. The van der Waals surface area contributed by atoms with Gasteiger partial charge in [-0.25, -0.2) is 0 Å². The summed E-state index contributed by atoms with van der Waals surface area (Å²) in [4.78, 5) is 20.1. The van der Waals surface area contributed by atoms with Crippen LogP contribution in [0.1, 0.15) is 25.1 Å². The van der Waals surface area contributed by atoms with Crippen molar-refractivity contribution in [2.24, 2.45) is 5.92 Å². The van der Waals surface area contributed by atoms with Gasteiger partial charge in [0, 0.05) is 24.0 Å². The van der Waals surface area contributed by atoms with Gasteiger partial charge in [-0.1, -0.05) is 30.6 Å². The van der Waals surface area contributed by atoms with Crippen molar-refractivity contribution in [2.75, 3.05) is 26.9 Å². The number of ether oxygens (including phenoxy) is 2. The molecule has 2 aromatic heterocycles. The van der Waals surface area contributed by atoms with E-state index in [0.29, 0.717) is 34.5 Å². The minimum atomic E-state index is -1.02. The molecule has 1 amide bonds. The van der Waals surface area contributed by atoms with Crippen LogP contribution in [0.15, 0.2) is 28.9 Å². The molecule has 3 N–H and O–H groups in total. The Kier molecular flexibility index (Phi) is 9.02. The molecule has 10 nitrogen and oxygen atoms in total. The Morgan fingerprint density at radius 2 is 2.03 bits per heavy atom. The van der Waals surface area contributed by atoms with Crippen LogP contribution in [0.4, 0.5) is 0 Å². The Morgan fingerprint density at radius 3 is 2.69 bits per heavy atom. The minimum absolute atomic E-state index is 0.0875. The molecule has 3 aromatic rings. The molecule has 3 rings (SSSR count). The lowest BCUT2D eigenvalue weighted by molar-refractivity contribution is -0.124. The average Bonchev–Trinajstić information content (AvgIpc) is 3.32. The second-order valence-electron chi connectivity index (χ2n) is 8.43. The normalized spacial score (nSPS) is 12.0. The molecule has 0 aliphatic rings. The molecule has 0 fully saturated rings. The van der Waals surface area contributed by atoms with Gasteiger partial charge in [0.15, 0.2) is 11.5 Å². The number of pyridine rings is 1. The van der Waals surface area contributed by atoms with E-state index < -0.39 is 18.6 Å². The summed E-state index contributed by atoms with van der Waals surface area (Å²) < 4.78 is 16.5. The third-order valence-electron chi connectivity index (χ3n) is 5.05. The zero-order valence-corrected chi connectivity index (χ0v) is 20.8. The summed E-state index contributed by atoms with van der Waals surface area (Å²) in [5, 5.41) is 25.3. The van der Waals surface area contributed by atoms with Gasteiger partial charge in [0.2, 0.25) is 11.7 Å². The largest absolute Gasteiger partial charge is 0.493 e. The van der Waals surface area contributed by atoms with Gasteiger partial charge in [-0.2, -0.15) is 4.98 Å². The maximum absolute atomic E-state index is 11.1. The number of benzene rings is 1. The van der Waals surface area contributed by atoms with Gasteiger partial charge >= 0.3 is 0 Å². The van der Waals surface area contributed by atoms with Gasteiger partial charge in [0.1, 0.15) is 19.3 Å². The van der Waals surface area contributed by atoms with Gasteiger partial charge in [0.05, 0.1) is 17.7 Å². The van der Waals surface area contributed by atoms with Crippen molar-refractivity contribution < 1.29 is 29.0 Å². The van der Waals surface area contributed by atoms with Crippen molar-refractivity contribution in [3.8, 4) is 34.3 Å². The van der Waals surface area contributed by atoms with Crippen LogP contribution in [0.5, 0.6) is 11.5 Å². The van der Waals surface area contributed by atoms with Crippen molar-refractivity contribution in [3.05, 3.63) is 40.7 Å². The van der Waals surface area contributed by atoms with Crippen molar-refractivity contribution in [1.82, 2.24) is 20.4 Å². The molecule has 0 aliphatic carbocycles. The second kappa shape index (κ2) is 12.0. The summed E-state index contributed by atoms with van der Waals surface area (Å²) in [6, 6.07) is 5.22. The maximum atomic E-state index is 11.1. The molecule has 11 heteroatoms. The fourth-order valence-electron chi connectivity index (χ4n) is 3.29. The van der Waals surface area contributed by atoms with E-state index in [1.165, 1.54) is 7.11 Å². The third kappa shape index (κ3) is 6.91. The Bertz CT molecular complexity index is 1170. The Morgan fingerprint density at radius 1 is 1.26 bits per heavy atom. The highest BCUT2D eigenvalue weighted by molar-refractivity contribution is 6.32. The first-order valence-corrected chi connectivity index (χ1v) is 11.5. The number of carbonyl (C=O) groups is 1. The highest BCUT2D eigenvalue weighted by Crippen LogP contribution is 2.39. The zero-order valence-electron chi connectivity index (χ0n) is 20.0.